The van der Waals surface area contributed by atoms with E-state index in [0.29, 0.717) is 25.3 Å². The van der Waals surface area contributed by atoms with Gasteiger partial charge >= 0.3 is 0 Å². The largest absolute Gasteiger partial charge is 0.345 e. The number of allylic oxidation sites excluding steroid dienone is 1. The number of carbonyl (C=O) groups is 2. The number of hydrogen-bond donors (Lipinski definition) is 2. The molecule has 120 valence electrons. The van der Waals surface area contributed by atoms with Crippen molar-refractivity contribution in [3.63, 3.8) is 0 Å². The van der Waals surface area contributed by atoms with Crippen molar-refractivity contribution in [3.8, 4) is 0 Å². The number of hydrogen-bond acceptors (Lipinski definition) is 4. The van der Waals surface area contributed by atoms with E-state index in [1.54, 1.807) is 12.3 Å². The van der Waals surface area contributed by atoms with Gasteiger partial charge in [0.25, 0.3) is 5.91 Å². The number of benzene rings is 1. The average molecular weight is 320 g/mol. The molecule has 6 nitrogen and oxygen atoms in total. The molecule has 0 saturated heterocycles. The van der Waals surface area contributed by atoms with E-state index in [4.69, 9.17) is 0 Å². The Kier molecular flexibility index (Phi) is 3.49. The van der Waals surface area contributed by atoms with Gasteiger partial charge in [-0.25, -0.2) is 4.99 Å². The van der Waals surface area contributed by atoms with Crippen molar-refractivity contribution >= 4 is 17.6 Å². The molecule has 4 rings (SSSR count). The van der Waals surface area contributed by atoms with Crippen molar-refractivity contribution in [2.75, 3.05) is 6.54 Å². The van der Waals surface area contributed by atoms with Crippen LogP contribution < -0.4 is 10.6 Å². The van der Waals surface area contributed by atoms with Gasteiger partial charge in [-0.05, 0) is 11.6 Å². The summed E-state index contributed by atoms with van der Waals surface area (Å²) in [5.74, 6) is -0.00332. The number of rotatable bonds is 3. The molecule has 0 unspecified atom stereocenters. The molecular weight excluding hydrogens is 304 g/mol. The number of carbonyl (C=O) groups excluding carboxylic acids is 2. The Morgan fingerprint density at radius 1 is 1.25 bits per heavy atom. The third-order valence-corrected chi connectivity index (χ3v) is 4.18. The molecule has 0 aromatic heterocycles. The van der Waals surface area contributed by atoms with E-state index in [2.05, 4.69) is 15.6 Å². The van der Waals surface area contributed by atoms with Gasteiger partial charge in [0.2, 0.25) is 5.91 Å². The Labute approximate surface area is 139 Å². The lowest BCUT2D eigenvalue weighted by molar-refractivity contribution is -0.116. The quantitative estimate of drug-likeness (QED) is 0.879. The predicted molar refractivity (Wildman–Crippen MR) is 89.4 cm³/mol. The van der Waals surface area contributed by atoms with Crippen molar-refractivity contribution in [2.24, 2.45) is 4.99 Å². The number of nitrogens with one attached hydrogen (secondary N) is 2. The summed E-state index contributed by atoms with van der Waals surface area (Å²) in [6, 6.07) is 9.74. The number of aliphatic imine (C=N–C) groups is 1. The highest BCUT2D eigenvalue weighted by Crippen LogP contribution is 2.32. The monoisotopic (exact) mass is 320 g/mol. The van der Waals surface area contributed by atoms with Crippen LogP contribution in [0.25, 0.3) is 0 Å². The highest BCUT2D eigenvalue weighted by atomic mass is 16.2. The minimum absolute atomic E-state index is 0.148. The second-order valence-corrected chi connectivity index (χ2v) is 5.76. The topological polar surface area (TPSA) is 73.8 Å². The van der Waals surface area contributed by atoms with Crippen molar-refractivity contribution in [1.82, 2.24) is 15.5 Å². The Bertz CT molecular complexity index is 834. The summed E-state index contributed by atoms with van der Waals surface area (Å²) in [6.45, 7) is 1.08. The summed E-state index contributed by atoms with van der Waals surface area (Å²) in [6.07, 6.45) is 5.55. The molecule has 1 aromatic carbocycles. The second kappa shape index (κ2) is 5.81. The van der Waals surface area contributed by atoms with E-state index < -0.39 is 0 Å². The van der Waals surface area contributed by atoms with E-state index in [-0.39, 0.29) is 11.8 Å². The zero-order valence-electron chi connectivity index (χ0n) is 13.0. The Morgan fingerprint density at radius 3 is 2.92 bits per heavy atom. The van der Waals surface area contributed by atoms with Crippen LogP contribution in [-0.2, 0) is 16.1 Å². The lowest BCUT2D eigenvalue weighted by atomic mass is 10.1. The lowest BCUT2D eigenvalue weighted by Crippen LogP contribution is -2.42. The SMILES string of the molecule is O=C1C=CC2=CN=C(C(=O)NCc3ccccc3)N3CCC(=C23)N1. The predicted octanol–water partition coefficient (Wildman–Crippen LogP) is 1.20. The highest BCUT2D eigenvalue weighted by Gasteiger charge is 2.34. The van der Waals surface area contributed by atoms with Crippen LogP contribution in [-0.4, -0.2) is 29.1 Å². The Morgan fingerprint density at radius 2 is 2.08 bits per heavy atom. The first kappa shape index (κ1) is 14.4. The second-order valence-electron chi connectivity index (χ2n) is 5.76. The molecule has 0 saturated carbocycles. The van der Waals surface area contributed by atoms with Gasteiger partial charge < -0.3 is 15.5 Å². The zero-order chi connectivity index (χ0) is 16.5. The molecular formula is C18H16N4O2. The van der Waals surface area contributed by atoms with Crippen molar-refractivity contribution in [1.29, 1.82) is 0 Å². The minimum atomic E-state index is -0.220. The van der Waals surface area contributed by atoms with Crippen LogP contribution in [0, 0.1) is 0 Å². The number of nitrogens with zero attached hydrogens (tertiary/aromatic N) is 2. The number of amidine groups is 1. The molecule has 0 radical (unpaired) electrons. The fraction of sp³-hybridized carbons (Fsp3) is 0.167. The van der Waals surface area contributed by atoms with Crippen LogP contribution in [0.3, 0.4) is 0 Å². The van der Waals surface area contributed by atoms with E-state index >= 15 is 0 Å². The first-order valence-electron chi connectivity index (χ1n) is 7.82. The maximum atomic E-state index is 12.5. The summed E-state index contributed by atoms with van der Waals surface area (Å²) >= 11 is 0. The van der Waals surface area contributed by atoms with E-state index in [1.165, 1.54) is 6.08 Å². The van der Waals surface area contributed by atoms with Gasteiger partial charge in [0.1, 0.15) is 0 Å². The molecule has 24 heavy (non-hydrogen) atoms. The van der Waals surface area contributed by atoms with Gasteiger partial charge in [0.05, 0.1) is 5.70 Å². The average Bonchev–Trinajstić information content (AvgIpc) is 2.94. The zero-order valence-corrected chi connectivity index (χ0v) is 13.0. The standard InChI is InChI=1S/C18H16N4O2/c23-15-7-6-13-11-19-17(22-9-8-14(21-15)16(13)22)18(24)20-10-12-4-2-1-3-5-12/h1-7,11H,8-10H2,(H,20,24)(H,21,23). The first-order chi connectivity index (χ1) is 11.7. The summed E-state index contributed by atoms with van der Waals surface area (Å²) in [5, 5.41) is 5.77. The minimum Gasteiger partial charge on any atom is -0.345 e. The fourth-order valence-electron chi connectivity index (χ4n) is 3.06. The smallest absolute Gasteiger partial charge is 0.287 e. The van der Waals surface area contributed by atoms with Crippen molar-refractivity contribution in [3.05, 3.63) is 71.2 Å². The maximum Gasteiger partial charge on any atom is 0.287 e. The molecule has 0 spiro atoms. The van der Waals surface area contributed by atoms with Crippen LogP contribution in [0.15, 0.2) is 70.6 Å². The van der Waals surface area contributed by atoms with Gasteiger partial charge in [0.15, 0.2) is 5.84 Å². The van der Waals surface area contributed by atoms with E-state index in [1.807, 2.05) is 35.2 Å². The molecule has 0 aliphatic carbocycles. The van der Waals surface area contributed by atoms with Crippen LogP contribution in [0.1, 0.15) is 12.0 Å². The van der Waals surface area contributed by atoms with Crippen molar-refractivity contribution < 1.29 is 9.59 Å². The third-order valence-electron chi connectivity index (χ3n) is 4.18. The molecule has 3 heterocycles. The molecule has 3 aliphatic heterocycles. The Balaban J connectivity index is 1.56. The Hall–Kier alpha value is -3.15. The molecule has 0 bridgehead atoms. The molecule has 0 fully saturated rings. The van der Waals surface area contributed by atoms with Crippen molar-refractivity contribution in [2.45, 2.75) is 13.0 Å². The van der Waals surface area contributed by atoms with Crippen LogP contribution in [0.5, 0.6) is 0 Å². The van der Waals surface area contributed by atoms with Gasteiger partial charge in [-0.1, -0.05) is 30.3 Å². The van der Waals surface area contributed by atoms with Crippen LogP contribution in [0.2, 0.25) is 0 Å². The van der Waals surface area contributed by atoms with Gasteiger partial charge in [-0.2, -0.15) is 0 Å². The summed E-state index contributed by atoms with van der Waals surface area (Å²) in [4.78, 5) is 30.4. The normalized spacial score (nSPS) is 18.5. The van der Waals surface area contributed by atoms with E-state index in [0.717, 1.165) is 22.5 Å². The van der Waals surface area contributed by atoms with E-state index in [9.17, 15) is 9.59 Å². The molecule has 3 aliphatic rings. The van der Waals surface area contributed by atoms with Crippen LogP contribution in [0.4, 0.5) is 0 Å². The molecule has 1 aromatic rings. The molecule has 2 amide bonds. The first-order valence-corrected chi connectivity index (χ1v) is 7.82. The van der Waals surface area contributed by atoms with Crippen LogP contribution >= 0.6 is 0 Å². The highest BCUT2D eigenvalue weighted by molar-refractivity contribution is 6.38. The lowest BCUT2D eigenvalue weighted by Gasteiger charge is -2.26. The molecule has 0 atom stereocenters. The van der Waals surface area contributed by atoms with Gasteiger partial charge in [0, 0.05) is 43.1 Å². The summed E-state index contributed by atoms with van der Waals surface area (Å²) in [7, 11) is 0. The third kappa shape index (κ3) is 2.52. The number of amides is 2. The molecule has 6 heteroatoms. The summed E-state index contributed by atoms with van der Waals surface area (Å²) < 4.78 is 0. The fourth-order valence-corrected chi connectivity index (χ4v) is 3.06. The summed E-state index contributed by atoms with van der Waals surface area (Å²) in [5.41, 5.74) is 3.60. The van der Waals surface area contributed by atoms with Gasteiger partial charge in [-0.15, -0.1) is 0 Å². The maximum absolute atomic E-state index is 12.5. The molecule has 2 N–H and O–H groups in total. The van der Waals surface area contributed by atoms with Gasteiger partial charge in [-0.3, -0.25) is 9.59 Å².